The molecular formula is C14H16N2O3S. The van der Waals surface area contributed by atoms with Gasteiger partial charge in [0, 0.05) is 5.56 Å². The third kappa shape index (κ3) is 2.96. The third-order valence-corrected chi connectivity index (χ3v) is 3.49. The van der Waals surface area contributed by atoms with Gasteiger partial charge in [-0.25, -0.2) is 0 Å². The monoisotopic (exact) mass is 292 g/mol. The summed E-state index contributed by atoms with van der Waals surface area (Å²) in [4.78, 5) is 12.9. The molecular weight excluding hydrogens is 276 g/mol. The van der Waals surface area contributed by atoms with Gasteiger partial charge in [-0.15, -0.1) is 5.10 Å². The van der Waals surface area contributed by atoms with Crippen molar-refractivity contribution in [3.63, 3.8) is 0 Å². The Morgan fingerprint density at radius 3 is 2.50 bits per heavy atom. The number of aromatic nitrogens is 2. The summed E-state index contributed by atoms with van der Waals surface area (Å²) in [6, 6.07) is 5.19. The van der Waals surface area contributed by atoms with Gasteiger partial charge in [0.25, 0.3) is 0 Å². The summed E-state index contributed by atoms with van der Waals surface area (Å²) in [6.07, 6.45) is 0. The van der Waals surface area contributed by atoms with Gasteiger partial charge >= 0.3 is 0 Å². The topological polar surface area (TPSA) is 61.3 Å². The summed E-state index contributed by atoms with van der Waals surface area (Å²) in [6.45, 7) is 6.63. The maximum atomic E-state index is 12.4. The van der Waals surface area contributed by atoms with E-state index >= 15 is 0 Å². The normalized spacial score (nSPS) is 10.3. The summed E-state index contributed by atoms with van der Waals surface area (Å²) in [5.74, 6) is 1.13. The lowest BCUT2D eigenvalue weighted by Gasteiger charge is -2.11. The summed E-state index contributed by atoms with van der Waals surface area (Å²) >= 11 is 1.10. The highest BCUT2D eigenvalue weighted by Gasteiger charge is 2.17. The van der Waals surface area contributed by atoms with Crippen molar-refractivity contribution in [2.75, 3.05) is 13.2 Å². The quantitative estimate of drug-likeness (QED) is 0.766. The van der Waals surface area contributed by atoms with Crippen LogP contribution in [0.3, 0.4) is 0 Å². The van der Waals surface area contributed by atoms with Crippen molar-refractivity contribution in [2.24, 2.45) is 0 Å². The minimum absolute atomic E-state index is 0.0958. The van der Waals surface area contributed by atoms with Crippen molar-refractivity contribution < 1.29 is 14.3 Å². The molecule has 0 spiro atoms. The first-order valence-corrected chi connectivity index (χ1v) is 7.18. The van der Waals surface area contributed by atoms with Gasteiger partial charge in [-0.3, -0.25) is 4.79 Å². The Hall–Kier alpha value is -1.95. The number of carbonyl (C=O) groups excluding carboxylic acids is 1. The SMILES string of the molecule is CCOc1ccc(C(=O)c2snnc2C)cc1OCC. The van der Waals surface area contributed by atoms with Gasteiger partial charge < -0.3 is 9.47 Å². The van der Waals surface area contributed by atoms with E-state index in [1.807, 2.05) is 13.8 Å². The Morgan fingerprint density at radius 1 is 1.20 bits per heavy atom. The van der Waals surface area contributed by atoms with Crippen molar-refractivity contribution in [1.82, 2.24) is 9.59 Å². The molecule has 0 radical (unpaired) electrons. The maximum Gasteiger partial charge on any atom is 0.206 e. The number of hydrogen-bond acceptors (Lipinski definition) is 6. The van der Waals surface area contributed by atoms with Crippen molar-refractivity contribution in [3.8, 4) is 11.5 Å². The molecule has 6 heteroatoms. The Morgan fingerprint density at radius 2 is 1.90 bits per heavy atom. The van der Waals surface area contributed by atoms with E-state index in [2.05, 4.69) is 9.59 Å². The second-order valence-electron chi connectivity index (χ2n) is 4.04. The fourth-order valence-corrected chi connectivity index (χ4v) is 2.38. The molecule has 0 unspecified atom stereocenters. The van der Waals surface area contributed by atoms with Crippen LogP contribution in [0.25, 0.3) is 0 Å². The molecule has 20 heavy (non-hydrogen) atoms. The molecule has 0 aliphatic heterocycles. The second kappa shape index (κ2) is 6.47. The highest BCUT2D eigenvalue weighted by molar-refractivity contribution is 7.08. The van der Waals surface area contributed by atoms with Crippen LogP contribution in [0.5, 0.6) is 11.5 Å². The summed E-state index contributed by atoms with van der Waals surface area (Å²) < 4.78 is 14.8. The molecule has 0 saturated heterocycles. The third-order valence-electron chi connectivity index (χ3n) is 2.66. The molecule has 5 nitrogen and oxygen atoms in total. The zero-order valence-corrected chi connectivity index (χ0v) is 12.5. The van der Waals surface area contributed by atoms with Crippen molar-refractivity contribution in [1.29, 1.82) is 0 Å². The van der Waals surface area contributed by atoms with Crippen LogP contribution >= 0.6 is 11.5 Å². The minimum atomic E-state index is -0.0958. The number of ketones is 1. The first-order valence-electron chi connectivity index (χ1n) is 6.40. The molecule has 0 atom stereocenters. The van der Waals surface area contributed by atoms with Crippen LogP contribution in [0.2, 0.25) is 0 Å². The Balaban J connectivity index is 2.35. The molecule has 1 aromatic carbocycles. The van der Waals surface area contributed by atoms with Crippen molar-refractivity contribution >= 4 is 17.3 Å². The number of ether oxygens (including phenoxy) is 2. The van der Waals surface area contributed by atoms with E-state index in [4.69, 9.17) is 9.47 Å². The van der Waals surface area contributed by atoms with E-state index in [9.17, 15) is 4.79 Å². The Labute approximate surface area is 121 Å². The zero-order valence-electron chi connectivity index (χ0n) is 11.7. The number of rotatable bonds is 6. The van der Waals surface area contributed by atoms with Crippen LogP contribution in [0.15, 0.2) is 18.2 Å². The van der Waals surface area contributed by atoms with Crippen molar-refractivity contribution in [2.45, 2.75) is 20.8 Å². The fourth-order valence-electron chi connectivity index (χ4n) is 1.76. The van der Waals surface area contributed by atoms with E-state index in [-0.39, 0.29) is 5.78 Å². The van der Waals surface area contributed by atoms with E-state index in [1.165, 1.54) is 0 Å². The smallest absolute Gasteiger partial charge is 0.206 e. The molecule has 0 fully saturated rings. The van der Waals surface area contributed by atoms with Crippen LogP contribution in [-0.2, 0) is 0 Å². The average Bonchev–Trinajstić information content (AvgIpc) is 2.86. The molecule has 1 heterocycles. The maximum absolute atomic E-state index is 12.4. The molecule has 0 amide bonds. The van der Waals surface area contributed by atoms with Crippen LogP contribution in [-0.4, -0.2) is 28.6 Å². The number of hydrogen-bond donors (Lipinski definition) is 0. The van der Waals surface area contributed by atoms with Crippen LogP contribution in [0.4, 0.5) is 0 Å². The molecule has 106 valence electrons. The molecule has 0 N–H and O–H groups in total. The molecule has 0 bridgehead atoms. The zero-order chi connectivity index (χ0) is 14.5. The first-order chi connectivity index (χ1) is 9.67. The van der Waals surface area contributed by atoms with Crippen molar-refractivity contribution in [3.05, 3.63) is 34.3 Å². The molecule has 0 saturated carbocycles. The highest BCUT2D eigenvalue weighted by atomic mass is 32.1. The highest BCUT2D eigenvalue weighted by Crippen LogP contribution is 2.30. The van der Waals surface area contributed by atoms with E-state index in [0.29, 0.717) is 40.8 Å². The Kier molecular flexibility index (Phi) is 4.68. The van der Waals surface area contributed by atoms with Crippen LogP contribution in [0.1, 0.15) is 34.8 Å². The second-order valence-corrected chi connectivity index (χ2v) is 4.80. The van der Waals surface area contributed by atoms with Gasteiger partial charge in [-0.2, -0.15) is 0 Å². The van der Waals surface area contributed by atoms with E-state index in [0.717, 1.165) is 11.5 Å². The lowest BCUT2D eigenvalue weighted by atomic mass is 10.1. The van der Waals surface area contributed by atoms with Crippen LogP contribution in [0, 0.1) is 6.92 Å². The van der Waals surface area contributed by atoms with Gasteiger partial charge in [0.1, 0.15) is 4.88 Å². The summed E-state index contributed by atoms with van der Waals surface area (Å²) in [5, 5.41) is 3.86. The van der Waals surface area contributed by atoms with Gasteiger partial charge in [0.05, 0.1) is 18.9 Å². The number of carbonyl (C=O) groups is 1. The number of benzene rings is 1. The molecule has 2 rings (SSSR count). The predicted molar refractivity (Wildman–Crippen MR) is 76.9 cm³/mol. The largest absolute Gasteiger partial charge is 0.490 e. The summed E-state index contributed by atoms with van der Waals surface area (Å²) in [5.41, 5.74) is 1.19. The lowest BCUT2D eigenvalue weighted by molar-refractivity contribution is 0.104. The molecule has 1 aromatic heterocycles. The predicted octanol–water partition coefficient (Wildman–Crippen LogP) is 2.87. The molecule has 0 aliphatic rings. The summed E-state index contributed by atoms with van der Waals surface area (Å²) in [7, 11) is 0. The van der Waals surface area contributed by atoms with Gasteiger partial charge in [0.15, 0.2) is 11.5 Å². The Bertz CT molecular complexity index is 610. The number of aryl methyl sites for hydroxylation is 1. The average molecular weight is 292 g/mol. The van der Waals surface area contributed by atoms with Gasteiger partial charge in [-0.1, -0.05) is 4.49 Å². The molecule has 0 aliphatic carbocycles. The van der Waals surface area contributed by atoms with E-state index < -0.39 is 0 Å². The van der Waals surface area contributed by atoms with Gasteiger partial charge in [0.2, 0.25) is 5.78 Å². The molecule has 2 aromatic rings. The fraction of sp³-hybridized carbons (Fsp3) is 0.357. The van der Waals surface area contributed by atoms with Crippen LogP contribution < -0.4 is 9.47 Å². The first kappa shape index (κ1) is 14.5. The number of nitrogens with zero attached hydrogens (tertiary/aromatic N) is 2. The van der Waals surface area contributed by atoms with Gasteiger partial charge in [-0.05, 0) is 50.5 Å². The van der Waals surface area contributed by atoms with E-state index in [1.54, 1.807) is 25.1 Å². The lowest BCUT2D eigenvalue weighted by Crippen LogP contribution is -2.04. The minimum Gasteiger partial charge on any atom is -0.490 e. The standard InChI is InChI=1S/C14H16N2O3S/c1-4-18-11-7-6-10(8-12(11)19-5-2)13(17)14-9(3)15-16-20-14/h6-8H,4-5H2,1-3H3.